The fraction of sp³-hybridized carbons (Fsp3) is 0.238. The Balaban J connectivity index is 1.66. The minimum absolute atomic E-state index is 0.0900. The van der Waals surface area contributed by atoms with Gasteiger partial charge in [-0.25, -0.2) is 9.48 Å². The Hall–Kier alpha value is -3.89. The van der Waals surface area contributed by atoms with Gasteiger partial charge in [-0.05, 0) is 19.1 Å². The van der Waals surface area contributed by atoms with E-state index < -0.39 is 30.6 Å². The van der Waals surface area contributed by atoms with Crippen LogP contribution in [-0.2, 0) is 22.6 Å². The molecule has 0 aliphatic heterocycles. The average molecular weight is 449 g/mol. The molecule has 3 aromatic rings. The molecule has 0 radical (unpaired) electrons. The van der Waals surface area contributed by atoms with Crippen molar-refractivity contribution in [2.45, 2.75) is 26.4 Å². The van der Waals surface area contributed by atoms with Crippen LogP contribution in [0.25, 0.3) is 10.8 Å². The lowest BCUT2D eigenvalue weighted by molar-refractivity contribution is -0.274. The molecule has 8 nitrogen and oxygen atoms in total. The van der Waals surface area contributed by atoms with E-state index in [4.69, 9.17) is 4.74 Å². The minimum Gasteiger partial charge on any atom is -0.451 e. The number of ether oxygens (including phenoxy) is 2. The monoisotopic (exact) mass is 449 g/mol. The van der Waals surface area contributed by atoms with Gasteiger partial charge in [0.1, 0.15) is 5.75 Å². The van der Waals surface area contributed by atoms with E-state index in [2.05, 4.69) is 15.2 Å². The fourth-order valence-corrected chi connectivity index (χ4v) is 2.92. The number of hydrogen-bond donors (Lipinski definition) is 1. The maximum Gasteiger partial charge on any atom is 0.573 e. The number of aromatic nitrogens is 2. The Morgan fingerprint density at radius 3 is 2.41 bits per heavy atom. The lowest BCUT2D eigenvalue weighted by Gasteiger charge is -2.13. The second-order valence-electron chi connectivity index (χ2n) is 6.52. The van der Waals surface area contributed by atoms with E-state index in [9.17, 15) is 27.6 Å². The minimum atomic E-state index is -4.87. The van der Waals surface area contributed by atoms with Crippen LogP contribution in [-0.4, -0.2) is 34.6 Å². The number of esters is 1. The Morgan fingerprint density at radius 2 is 1.72 bits per heavy atom. The molecule has 11 heteroatoms. The molecule has 1 heterocycles. The van der Waals surface area contributed by atoms with Crippen LogP contribution in [0.1, 0.15) is 23.0 Å². The second-order valence-corrected chi connectivity index (χ2v) is 6.52. The topological polar surface area (TPSA) is 99.5 Å². The molecule has 1 aromatic heterocycles. The van der Waals surface area contributed by atoms with Crippen LogP contribution in [0.5, 0.6) is 5.75 Å². The number of nitrogens with one attached hydrogen (secondary N) is 1. The summed E-state index contributed by atoms with van der Waals surface area (Å²) in [5, 5.41) is 6.94. The summed E-state index contributed by atoms with van der Waals surface area (Å²) in [4.78, 5) is 36.9. The smallest absolute Gasteiger partial charge is 0.451 e. The zero-order chi connectivity index (χ0) is 23.3. The molecule has 3 rings (SSSR count). The Kier molecular flexibility index (Phi) is 6.76. The molecule has 0 saturated heterocycles. The van der Waals surface area contributed by atoms with Gasteiger partial charge in [-0.2, -0.15) is 5.10 Å². The molecule has 2 aromatic carbocycles. The van der Waals surface area contributed by atoms with Gasteiger partial charge in [-0.3, -0.25) is 9.59 Å². The molecule has 32 heavy (non-hydrogen) atoms. The highest BCUT2D eigenvalue weighted by molar-refractivity contribution is 6.02. The van der Waals surface area contributed by atoms with Gasteiger partial charge in [-0.15, -0.1) is 13.2 Å². The van der Waals surface area contributed by atoms with E-state index in [1.165, 1.54) is 24.3 Å². The van der Waals surface area contributed by atoms with E-state index in [-0.39, 0.29) is 40.7 Å². The third-order valence-corrected chi connectivity index (χ3v) is 4.37. The summed E-state index contributed by atoms with van der Waals surface area (Å²) >= 11 is 0. The number of nitrogens with zero attached hydrogens (tertiary/aromatic N) is 2. The van der Waals surface area contributed by atoms with Crippen LogP contribution < -0.4 is 15.6 Å². The van der Waals surface area contributed by atoms with E-state index in [0.29, 0.717) is 0 Å². The highest BCUT2D eigenvalue weighted by atomic mass is 19.4. The number of alkyl halides is 3. The molecule has 0 bridgehead atoms. The van der Waals surface area contributed by atoms with Crippen molar-refractivity contribution in [3.05, 3.63) is 70.1 Å². The van der Waals surface area contributed by atoms with Crippen molar-refractivity contribution in [2.75, 3.05) is 6.61 Å². The number of fused-ring (bicyclic) bond motifs is 1. The Bertz CT molecular complexity index is 1210. The van der Waals surface area contributed by atoms with Crippen molar-refractivity contribution >= 4 is 22.6 Å². The first-order valence-corrected chi connectivity index (χ1v) is 9.47. The summed E-state index contributed by atoms with van der Waals surface area (Å²) in [5.41, 5.74) is -0.400. The van der Waals surface area contributed by atoms with Crippen molar-refractivity contribution in [3.63, 3.8) is 0 Å². The average Bonchev–Trinajstić information content (AvgIpc) is 2.76. The summed E-state index contributed by atoms with van der Waals surface area (Å²) < 4.78 is 47.5. The molecule has 1 amide bonds. The van der Waals surface area contributed by atoms with Gasteiger partial charge < -0.3 is 14.8 Å². The first-order chi connectivity index (χ1) is 15.2. The molecular formula is C21H18F3N3O5. The zero-order valence-electron chi connectivity index (χ0n) is 16.8. The van der Waals surface area contributed by atoms with Crippen LogP contribution in [0, 0.1) is 0 Å². The highest BCUT2D eigenvalue weighted by Crippen LogP contribution is 2.26. The molecule has 0 atom stereocenters. The van der Waals surface area contributed by atoms with Crippen LogP contribution in [0.15, 0.2) is 53.3 Å². The number of benzene rings is 2. The molecular weight excluding hydrogens is 431 g/mol. The molecule has 0 saturated carbocycles. The first-order valence-electron chi connectivity index (χ1n) is 9.47. The SMILES string of the molecule is CCn1nc(C(=O)OCC(=O)NCc2ccccc2OC(F)(F)F)c2ccccc2c1=O. The molecule has 168 valence electrons. The van der Waals surface area contributed by atoms with Gasteiger partial charge in [-0.1, -0.05) is 36.4 Å². The van der Waals surface area contributed by atoms with Crippen molar-refractivity contribution in [2.24, 2.45) is 0 Å². The van der Waals surface area contributed by atoms with Crippen LogP contribution in [0.3, 0.4) is 0 Å². The van der Waals surface area contributed by atoms with Gasteiger partial charge in [0, 0.05) is 24.0 Å². The van der Waals surface area contributed by atoms with Gasteiger partial charge in [0.15, 0.2) is 12.3 Å². The van der Waals surface area contributed by atoms with Crippen LogP contribution in [0.4, 0.5) is 13.2 Å². The summed E-state index contributed by atoms with van der Waals surface area (Å²) in [6.07, 6.45) is -4.87. The van der Waals surface area contributed by atoms with E-state index in [1.54, 1.807) is 25.1 Å². The van der Waals surface area contributed by atoms with E-state index in [1.807, 2.05) is 0 Å². The number of halogens is 3. The second kappa shape index (κ2) is 9.50. The molecule has 0 fully saturated rings. The van der Waals surface area contributed by atoms with Gasteiger partial charge >= 0.3 is 12.3 Å². The fourth-order valence-electron chi connectivity index (χ4n) is 2.92. The number of hydrogen-bond acceptors (Lipinski definition) is 6. The predicted octanol–water partition coefficient (Wildman–Crippen LogP) is 2.79. The zero-order valence-corrected chi connectivity index (χ0v) is 16.8. The third kappa shape index (κ3) is 5.42. The lowest BCUT2D eigenvalue weighted by Crippen LogP contribution is -2.30. The van der Waals surface area contributed by atoms with Crippen LogP contribution in [0.2, 0.25) is 0 Å². The number of rotatable bonds is 7. The molecule has 0 unspecified atom stereocenters. The number of aryl methyl sites for hydroxylation is 1. The van der Waals surface area contributed by atoms with Crippen molar-refractivity contribution in [3.8, 4) is 5.75 Å². The van der Waals surface area contributed by atoms with Crippen molar-refractivity contribution in [1.82, 2.24) is 15.1 Å². The first kappa shape index (κ1) is 22.8. The van der Waals surface area contributed by atoms with Gasteiger partial charge in [0.05, 0.1) is 5.39 Å². The summed E-state index contributed by atoms with van der Waals surface area (Å²) in [6, 6.07) is 11.7. The quantitative estimate of drug-likeness (QED) is 0.557. The third-order valence-electron chi connectivity index (χ3n) is 4.37. The summed E-state index contributed by atoms with van der Waals surface area (Å²) in [7, 11) is 0. The Morgan fingerprint density at radius 1 is 1.06 bits per heavy atom. The molecule has 1 N–H and O–H groups in total. The maximum absolute atomic E-state index is 12.5. The van der Waals surface area contributed by atoms with E-state index >= 15 is 0 Å². The number of carbonyl (C=O) groups is 2. The maximum atomic E-state index is 12.5. The van der Waals surface area contributed by atoms with Crippen molar-refractivity contribution in [1.29, 1.82) is 0 Å². The van der Waals surface area contributed by atoms with Crippen molar-refractivity contribution < 1.29 is 32.2 Å². The standard InChI is InChI=1S/C21H18F3N3O5/c1-2-27-19(29)15-9-5-4-8-14(15)18(26-27)20(30)31-12-17(28)25-11-13-7-3-6-10-16(13)32-21(22,23)24/h3-10H,2,11-12H2,1H3,(H,25,28). The lowest BCUT2D eigenvalue weighted by atomic mass is 10.1. The van der Waals surface area contributed by atoms with Crippen LogP contribution >= 0.6 is 0 Å². The normalized spacial score (nSPS) is 11.2. The number of amides is 1. The summed E-state index contributed by atoms with van der Waals surface area (Å²) in [5.74, 6) is -2.11. The van der Waals surface area contributed by atoms with Gasteiger partial charge in [0.2, 0.25) is 0 Å². The molecule has 0 spiro atoms. The van der Waals surface area contributed by atoms with E-state index in [0.717, 1.165) is 10.7 Å². The predicted molar refractivity (Wildman–Crippen MR) is 107 cm³/mol. The number of para-hydroxylation sites is 1. The number of carbonyl (C=O) groups excluding carboxylic acids is 2. The van der Waals surface area contributed by atoms with Gasteiger partial charge in [0.25, 0.3) is 11.5 Å². The molecule has 0 aliphatic carbocycles. The molecule has 0 aliphatic rings. The largest absolute Gasteiger partial charge is 0.573 e. The Labute approximate surface area is 179 Å². The summed E-state index contributed by atoms with van der Waals surface area (Å²) in [6.45, 7) is 0.947. The highest BCUT2D eigenvalue weighted by Gasteiger charge is 2.32.